The Balaban J connectivity index is 2.50. The van der Waals surface area contributed by atoms with E-state index < -0.39 is 10.7 Å². The maximum Gasteiger partial charge on any atom is 0.272 e. The first-order chi connectivity index (χ1) is 8.08. The van der Waals surface area contributed by atoms with Gasteiger partial charge in [0.2, 0.25) is 0 Å². The van der Waals surface area contributed by atoms with Crippen molar-refractivity contribution >= 4 is 5.69 Å². The average molecular weight is 234 g/mol. The number of nitro groups is 1. The fraction of sp³-hybridized carbons (Fsp3) is 0. The minimum atomic E-state index is -0.720. The Hall–Kier alpha value is -2.50. The molecule has 0 saturated carbocycles. The highest BCUT2D eigenvalue weighted by atomic mass is 19.1. The van der Waals surface area contributed by atoms with Crippen molar-refractivity contribution in [1.82, 2.24) is 4.57 Å². The Morgan fingerprint density at radius 3 is 2.35 bits per heavy atom. The van der Waals surface area contributed by atoms with Crippen LogP contribution in [0.1, 0.15) is 0 Å². The molecule has 1 aromatic carbocycles. The van der Waals surface area contributed by atoms with E-state index in [1.807, 2.05) is 0 Å². The van der Waals surface area contributed by atoms with Gasteiger partial charge < -0.3 is 4.57 Å². The third kappa shape index (κ3) is 2.20. The number of rotatable bonds is 2. The lowest BCUT2D eigenvalue weighted by molar-refractivity contribution is -0.385. The maximum atomic E-state index is 13.6. The standard InChI is InChI=1S/C11H7FN2O3/c12-10-7-8(14(16)17)1-2-11(10)13-5-3-9(15)4-6-13/h1-7H. The second-order valence-electron chi connectivity index (χ2n) is 3.33. The van der Waals surface area contributed by atoms with E-state index in [0.717, 1.165) is 6.07 Å². The molecular weight excluding hydrogens is 227 g/mol. The molecular formula is C11H7FN2O3. The Bertz CT molecular complexity index is 616. The number of hydrogen-bond acceptors (Lipinski definition) is 3. The number of hydrogen-bond donors (Lipinski definition) is 0. The molecule has 0 bridgehead atoms. The second-order valence-corrected chi connectivity index (χ2v) is 3.33. The fourth-order valence-electron chi connectivity index (χ4n) is 1.39. The van der Waals surface area contributed by atoms with E-state index in [0.29, 0.717) is 0 Å². The van der Waals surface area contributed by atoms with Gasteiger partial charge in [0.15, 0.2) is 11.2 Å². The van der Waals surface area contributed by atoms with Gasteiger partial charge >= 0.3 is 0 Å². The summed E-state index contributed by atoms with van der Waals surface area (Å²) < 4.78 is 15.0. The summed E-state index contributed by atoms with van der Waals surface area (Å²) in [5.41, 5.74) is -0.355. The van der Waals surface area contributed by atoms with E-state index in [-0.39, 0.29) is 16.8 Å². The summed E-state index contributed by atoms with van der Waals surface area (Å²) >= 11 is 0. The van der Waals surface area contributed by atoms with Gasteiger partial charge in [-0.1, -0.05) is 0 Å². The van der Waals surface area contributed by atoms with E-state index in [2.05, 4.69) is 0 Å². The van der Waals surface area contributed by atoms with E-state index in [9.17, 15) is 19.3 Å². The summed E-state index contributed by atoms with van der Waals surface area (Å²) in [7, 11) is 0. The lowest BCUT2D eigenvalue weighted by atomic mass is 10.2. The molecule has 0 saturated heterocycles. The molecule has 0 aliphatic heterocycles. The van der Waals surface area contributed by atoms with Gasteiger partial charge in [-0.15, -0.1) is 0 Å². The first kappa shape index (κ1) is 11.0. The number of non-ortho nitro benzene ring substituents is 1. The topological polar surface area (TPSA) is 65.1 Å². The molecule has 0 radical (unpaired) electrons. The van der Waals surface area contributed by atoms with Crippen LogP contribution >= 0.6 is 0 Å². The van der Waals surface area contributed by atoms with Crippen LogP contribution < -0.4 is 5.43 Å². The molecule has 0 aliphatic rings. The van der Waals surface area contributed by atoms with Gasteiger partial charge in [-0.25, -0.2) is 4.39 Å². The summed E-state index contributed by atoms with van der Waals surface area (Å²) in [4.78, 5) is 20.7. The van der Waals surface area contributed by atoms with Gasteiger partial charge in [-0.3, -0.25) is 14.9 Å². The number of nitro benzene ring substituents is 1. The molecule has 0 N–H and O–H groups in total. The zero-order valence-electron chi connectivity index (χ0n) is 8.54. The Morgan fingerprint density at radius 1 is 1.18 bits per heavy atom. The van der Waals surface area contributed by atoms with Crippen LogP contribution in [0.25, 0.3) is 5.69 Å². The number of benzene rings is 1. The van der Waals surface area contributed by atoms with Crippen LogP contribution in [0.5, 0.6) is 0 Å². The molecule has 2 rings (SSSR count). The van der Waals surface area contributed by atoms with Crippen LogP contribution in [0.4, 0.5) is 10.1 Å². The summed E-state index contributed by atoms with van der Waals surface area (Å²) in [5, 5.41) is 10.4. The summed E-state index contributed by atoms with van der Waals surface area (Å²) in [5.74, 6) is -0.720. The minimum absolute atomic E-state index is 0.149. The lowest BCUT2D eigenvalue weighted by Crippen LogP contribution is -2.03. The van der Waals surface area contributed by atoms with Crippen LogP contribution in [-0.4, -0.2) is 9.49 Å². The largest absolute Gasteiger partial charge is 0.321 e. The first-order valence-electron chi connectivity index (χ1n) is 4.70. The average Bonchev–Trinajstić information content (AvgIpc) is 2.30. The van der Waals surface area contributed by atoms with Crippen molar-refractivity contribution < 1.29 is 9.31 Å². The van der Waals surface area contributed by atoms with Crippen molar-refractivity contribution in [3.8, 4) is 5.69 Å². The van der Waals surface area contributed by atoms with Gasteiger partial charge in [0.05, 0.1) is 16.7 Å². The normalized spacial score (nSPS) is 10.2. The zero-order chi connectivity index (χ0) is 12.4. The Morgan fingerprint density at radius 2 is 1.82 bits per heavy atom. The molecule has 2 aromatic rings. The van der Waals surface area contributed by atoms with Crippen LogP contribution in [0, 0.1) is 15.9 Å². The highest BCUT2D eigenvalue weighted by Crippen LogP contribution is 2.19. The number of aromatic nitrogens is 1. The Labute approximate surface area is 94.9 Å². The van der Waals surface area contributed by atoms with Crippen molar-refractivity contribution in [2.75, 3.05) is 0 Å². The molecule has 17 heavy (non-hydrogen) atoms. The van der Waals surface area contributed by atoms with Gasteiger partial charge in [-0.05, 0) is 6.07 Å². The number of nitrogens with zero attached hydrogens (tertiary/aromatic N) is 2. The van der Waals surface area contributed by atoms with Gasteiger partial charge in [0.1, 0.15) is 0 Å². The van der Waals surface area contributed by atoms with Crippen molar-refractivity contribution in [3.05, 3.63) is 68.9 Å². The molecule has 0 atom stereocenters. The molecule has 1 heterocycles. The van der Waals surface area contributed by atoms with Crippen molar-refractivity contribution in [1.29, 1.82) is 0 Å². The zero-order valence-corrected chi connectivity index (χ0v) is 8.54. The van der Waals surface area contributed by atoms with Crippen molar-refractivity contribution in [2.45, 2.75) is 0 Å². The molecule has 0 spiro atoms. The third-order valence-corrected chi connectivity index (χ3v) is 2.22. The molecule has 0 fully saturated rings. The predicted molar refractivity (Wildman–Crippen MR) is 58.7 cm³/mol. The summed E-state index contributed by atoms with van der Waals surface area (Å²) in [6, 6.07) is 5.89. The molecule has 6 heteroatoms. The quantitative estimate of drug-likeness (QED) is 0.588. The molecule has 0 unspecified atom stereocenters. The second kappa shape index (κ2) is 4.17. The van der Waals surface area contributed by atoms with E-state index in [1.54, 1.807) is 0 Å². The minimum Gasteiger partial charge on any atom is -0.321 e. The van der Waals surface area contributed by atoms with Crippen molar-refractivity contribution in [2.24, 2.45) is 0 Å². The number of halogens is 1. The van der Waals surface area contributed by atoms with Crippen LogP contribution in [0.2, 0.25) is 0 Å². The number of pyridine rings is 1. The third-order valence-electron chi connectivity index (χ3n) is 2.22. The van der Waals surface area contributed by atoms with E-state index in [4.69, 9.17) is 0 Å². The Kier molecular flexibility index (Phi) is 2.70. The molecule has 0 amide bonds. The van der Waals surface area contributed by atoms with E-state index in [1.165, 1.54) is 41.2 Å². The monoisotopic (exact) mass is 234 g/mol. The fourth-order valence-corrected chi connectivity index (χ4v) is 1.39. The SMILES string of the molecule is O=c1ccn(-c2ccc([N+](=O)[O-])cc2F)cc1. The van der Waals surface area contributed by atoms with E-state index >= 15 is 0 Å². The molecule has 5 nitrogen and oxygen atoms in total. The molecule has 0 aliphatic carbocycles. The first-order valence-corrected chi connectivity index (χ1v) is 4.70. The summed E-state index contributed by atoms with van der Waals surface area (Å²) in [6.07, 6.45) is 2.79. The van der Waals surface area contributed by atoms with Crippen molar-refractivity contribution in [3.63, 3.8) is 0 Å². The smallest absolute Gasteiger partial charge is 0.272 e. The lowest BCUT2D eigenvalue weighted by Gasteiger charge is -2.06. The van der Waals surface area contributed by atoms with Crippen LogP contribution in [0.3, 0.4) is 0 Å². The van der Waals surface area contributed by atoms with Crippen LogP contribution in [-0.2, 0) is 0 Å². The predicted octanol–water partition coefficient (Wildman–Crippen LogP) is 1.88. The van der Waals surface area contributed by atoms with Gasteiger partial charge in [0, 0.05) is 30.6 Å². The molecule has 86 valence electrons. The maximum absolute atomic E-state index is 13.6. The molecule has 1 aromatic heterocycles. The van der Waals surface area contributed by atoms with Gasteiger partial charge in [-0.2, -0.15) is 0 Å². The van der Waals surface area contributed by atoms with Gasteiger partial charge in [0.25, 0.3) is 5.69 Å². The van der Waals surface area contributed by atoms with Crippen LogP contribution in [0.15, 0.2) is 47.5 Å². The highest BCUT2D eigenvalue weighted by molar-refractivity contribution is 5.42. The summed E-state index contributed by atoms with van der Waals surface area (Å²) in [6.45, 7) is 0. The highest BCUT2D eigenvalue weighted by Gasteiger charge is 2.10.